The summed E-state index contributed by atoms with van der Waals surface area (Å²) in [4.78, 5) is 0. The summed E-state index contributed by atoms with van der Waals surface area (Å²) in [5.41, 5.74) is 0. The Labute approximate surface area is 89.4 Å². The molecule has 0 saturated heterocycles. The number of hydrogen-bond donors (Lipinski definition) is 0. The number of nitrogens with zero attached hydrogens (tertiary/aromatic N) is 3. The standard InChI is InChI=1S/3CN.2Cl.Na/c3*1-2;;;/q3*-1;3*+1. The molecule has 3 nitrogen and oxygen atoms in total. The average molecular weight is 172 g/mol. The summed E-state index contributed by atoms with van der Waals surface area (Å²) in [5.74, 6) is 0. The molecule has 0 aromatic rings. The molecule has 42 valence electrons. The Hall–Kier alpha value is 0.0500. The second-order valence-corrected chi connectivity index (χ2v) is 0. The fourth-order valence-electron chi connectivity index (χ4n) is 0. The van der Waals surface area contributed by atoms with Crippen LogP contribution in [0.2, 0.25) is 0 Å². The molecule has 0 rings (SSSR count). The van der Waals surface area contributed by atoms with Crippen molar-refractivity contribution in [3.05, 3.63) is 19.7 Å². The van der Waals surface area contributed by atoms with Crippen molar-refractivity contribution < 1.29 is 54.4 Å². The normalized spacial score (nSPS) is 0.667. The van der Waals surface area contributed by atoms with Gasteiger partial charge in [-0.3, -0.25) is 0 Å². The number of hydrogen-bond acceptors (Lipinski definition) is 3. The maximum Gasteiger partial charge on any atom is 1.00 e. The third kappa shape index (κ3) is 118000. The van der Waals surface area contributed by atoms with Crippen LogP contribution in [0.5, 0.6) is 0 Å². The van der Waals surface area contributed by atoms with Crippen molar-refractivity contribution in [2.24, 2.45) is 0 Å². The summed E-state index contributed by atoms with van der Waals surface area (Å²) in [5, 5.41) is 18.8. The SMILES string of the molecule is [C-]#N.[C-]#N.[C-]#N.[Cl+].[Cl+].[Na+]. The molecule has 0 aromatic heterocycles. The minimum absolute atomic E-state index is 0. The Morgan fingerprint density at radius 3 is 0.556 bits per heavy atom. The van der Waals surface area contributed by atoms with Gasteiger partial charge in [0.05, 0.1) is 0 Å². The van der Waals surface area contributed by atoms with Gasteiger partial charge in [-0.2, -0.15) is 0 Å². The summed E-state index contributed by atoms with van der Waals surface area (Å²) in [6.07, 6.45) is 0. The van der Waals surface area contributed by atoms with E-state index in [1.807, 2.05) is 0 Å². The summed E-state index contributed by atoms with van der Waals surface area (Å²) >= 11 is 0. The van der Waals surface area contributed by atoms with E-state index in [0.717, 1.165) is 0 Å². The van der Waals surface area contributed by atoms with Gasteiger partial charge in [0.2, 0.25) is 0 Å². The van der Waals surface area contributed by atoms with Gasteiger partial charge >= 0.3 is 54.4 Å². The van der Waals surface area contributed by atoms with Gasteiger partial charge in [0.1, 0.15) is 0 Å². The Morgan fingerprint density at radius 2 is 0.556 bits per heavy atom. The quantitative estimate of drug-likeness (QED) is 0.294. The molecule has 0 aliphatic heterocycles. The molecule has 4 radical (unpaired) electrons. The molecular formula is C3Cl2N3Na. The van der Waals surface area contributed by atoms with Crippen molar-refractivity contribution in [3.63, 3.8) is 0 Å². The summed E-state index contributed by atoms with van der Waals surface area (Å²) in [6, 6.07) is 0. The molecular weight excluding hydrogens is 172 g/mol. The molecule has 0 aromatic carbocycles. The van der Waals surface area contributed by atoms with Crippen LogP contribution < -0.4 is 29.6 Å². The van der Waals surface area contributed by atoms with Crippen LogP contribution in [0, 0.1) is 60.3 Å². The van der Waals surface area contributed by atoms with Crippen LogP contribution in [0.1, 0.15) is 0 Å². The smallest absolute Gasteiger partial charge is 0.512 e. The average Bonchev–Trinajstić information content (AvgIpc) is 1.81. The van der Waals surface area contributed by atoms with Gasteiger partial charge in [-0.15, -0.1) is 0 Å². The van der Waals surface area contributed by atoms with Crippen molar-refractivity contribution in [1.29, 1.82) is 15.8 Å². The zero-order valence-corrected chi connectivity index (χ0v) is 8.11. The first-order chi connectivity index (χ1) is 3.00. The summed E-state index contributed by atoms with van der Waals surface area (Å²) in [6.45, 7) is 14.2. The zero-order chi connectivity index (χ0) is 6.00. The first-order valence-electron chi connectivity index (χ1n) is 0.671. The van der Waals surface area contributed by atoms with E-state index in [0.29, 0.717) is 0 Å². The van der Waals surface area contributed by atoms with E-state index in [1.165, 1.54) is 0 Å². The van der Waals surface area contributed by atoms with Crippen LogP contribution in [-0.4, -0.2) is 0 Å². The van der Waals surface area contributed by atoms with Gasteiger partial charge in [0.25, 0.3) is 0 Å². The predicted molar refractivity (Wildman–Crippen MR) is 14.9 cm³/mol. The van der Waals surface area contributed by atoms with Crippen molar-refractivity contribution >= 4 is 0 Å². The molecule has 0 saturated carbocycles. The van der Waals surface area contributed by atoms with Gasteiger partial charge in [-0.1, -0.05) is 0 Å². The van der Waals surface area contributed by atoms with E-state index < -0.39 is 0 Å². The minimum atomic E-state index is 0. The Kier molecular flexibility index (Phi) is 1120000. The van der Waals surface area contributed by atoms with Crippen LogP contribution in [0.3, 0.4) is 0 Å². The second kappa shape index (κ2) is 160000. The Morgan fingerprint density at radius 1 is 0.556 bits per heavy atom. The molecule has 9 heavy (non-hydrogen) atoms. The van der Waals surface area contributed by atoms with Gasteiger partial charge in [0, 0.05) is 0 Å². The summed E-state index contributed by atoms with van der Waals surface area (Å²) < 4.78 is 0. The van der Waals surface area contributed by atoms with E-state index in [9.17, 15) is 0 Å². The molecule has 0 bridgehead atoms. The molecule has 0 unspecified atom stereocenters. The largest absolute Gasteiger partial charge is 1.00 e. The van der Waals surface area contributed by atoms with E-state index in [1.54, 1.807) is 0 Å². The molecule has 6 heteroatoms. The van der Waals surface area contributed by atoms with Crippen molar-refractivity contribution in [3.8, 4) is 0 Å². The van der Waals surface area contributed by atoms with Gasteiger partial charge in [-0.25, -0.2) is 0 Å². The van der Waals surface area contributed by atoms with Crippen molar-refractivity contribution in [2.75, 3.05) is 0 Å². The third-order valence-corrected chi connectivity index (χ3v) is 0. The molecule has 0 N–H and O–H groups in total. The molecule has 0 heterocycles. The monoisotopic (exact) mass is 171 g/mol. The fraction of sp³-hybridized carbons (Fsp3) is 0. The molecule has 0 atom stereocenters. The van der Waals surface area contributed by atoms with Crippen molar-refractivity contribution in [1.82, 2.24) is 0 Å². The van der Waals surface area contributed by atoms with Crippen LogP contribution in [0.25, 0.3) is 0 Å². The van der Waals surface area contributed by atoms with Crippen LogP contribution in [0.15, 0.2) is 0 Å². The number of rotatable bonds is 0. The summed E-state index contributed by atoms with van der Waals surface area (Å²) in [7, 11) is 0. The molecule has 0 amide bonds. The number of halogens is 2. The van der Waals surface area contributed by atoms with Crippen LogP contribution in [0.4, 0.5) is 0 Å². The van der Waals surface area contributed by atoms with Crippen LogP contribution >= 0.6 is 0 Å². The molecule has 0 aliphatic rings. The van der Waals surface area contributed by atoms with Crippen molar-refractivity contribution in [2.45, 2.75) is 0 Å². The van der Waals surface area contributed by atoms with E-state index >= 15 is 0 Å². The van der Waals surface area contributed by atoms with Gasteiger partial charge in [0.15, 0.2) is 0 Å². The molecule has 0 fully saturated rings. The minimum Gasteiger partial charge on any atom is -0.512 e. The first kappa shape index (κ1) is 63.0. The molecule has 0 spiro atoms. The first-order valence-corrected chi connectivity index (χ1v) is 0.671. The van der Waals surface area contributed by atoms with E-state index in [-0.39, 0.29) is 54.4 Å². The Balaban J connectivity index is -0.00000000321. The zero-order valence-electron chi connectivity index (χ0n) is 4.60. The van der Waals surface area contributed by atoms with E-state index in [4.69, 9.17) is 35.5 Å². The Bertz CT molecular complexity index is 45.5. The molecule has 0 aliphatic carbocycles. The van der Waals surface area contributed by atoms with Gasteiger partial charge in [-0.05, 0) is 0 Å². The van der Waals surface area contributed by atoms with Crippen LogP contribution in [-0.2, 0) is 0 Å². The fourth-order valence-corrected chi connectivity index (χ4v) is 0. The predicted octanol–water partition coefficient (Wildman–Crippen LogP) is -2.71. The third-order valence-electron chi connectivity index (χ3n) is 0. The van der Waals surface area contributed by atoms with Gasteiger partial charge < -0.3 is 35.5 Å². The second-order valence-electron chi connectivity index (χ2n) is 0. The maximum absolute atomic E-state index is 6.25. The topological polar surface area (TPSA) is 71.4 Å². The maximum atomic E-state index is 6.25. The van der Waals surface area contributed by atoms with E-state index in [2.05, 4.69) is 0 Å².